The lowest BCUT2D eigenvalue weighted by Crippen LogP contribution is -2.13. The minimum absolute atomic E-state index is 0.0106. The summed E-state index contributed by atoms with van der Waals surface area (Å²) in [5, 5.41) is 9.76. The Morgan fingerprint density at radius 1 is 1.31 bits per heavy atom. The average Bonchev–Trinajstić information content (AvgIpc) is 2.27. The van der Waals surface area contributed by atoms with E-state index in [0.717, 1.165) is 5.56 Å². The van der Waals surface area contributed by atoms with Crippen molar-refractivity contribution in [3.05, 3.63) is 35.9 Å². The first-order chi connectivity index (χ1) is 7.59. The maximum atomic E-state index is 11.3. The third kappa shape index (κ3) is 4.45. The first kappa shape index (κ1) is 12.7. The molecule has 1 unspecified atom stereocenters. The van der Waals surface area contributed by atoms with Crippen molar-refractivity contribution in [2.75, 3.05) is 6.61 Å². The van der Waals surface area contributed by atoms with Gasteiger partial charge in [-0.2, -0.15) is 0 Å². The maximum Gasteiger partial charge on any atom is 0.308 e. The van der Waals surface area contributed by atoms with E-state index in [2.05, 4.69) is 0 Å². The van der Waals surface area contributed by atoms with Crippen LogP contribution in [0.1, 0.15) is 31.9 Å². The fraction of sp³-hybridized carbons (Fsp3) is 0.462. The molecule has 0 amide bonds. The molecule has 0 fully saturated rings. The standard InChI is InChI=1S/C13H18O3/c1-10(2)9-16-13(15)8-12(14)11-6-4-3-5-7-11/h3-7,10,12,14H,8-9H2,1-2H3. The number of carbonyl (C=O) groups is 1. The lowest BCUT2D eigenvalue weighted by molar-refractivity contribution is -0.147. The summed E-state index contributed by atoms with van der Waals surface area (Å²) in [6.07, 6.45) is -0.766. The SMILES string of the molecule is CC(C)COC(=O)CC(O)c1ccccc1. The predicted molar refractivity (Wildman–Crippen MR) is 61.8 cm³/mol. The lowest BCUT2D eigenvalue weighted by atomic mass is 10.1. The number of rotatable bonds is 5. The highest BCUT2D eigenvalue weighted by Crippen LogP contribution is 2.16. The van der Waals surface area contributed by atoms with Crippen LogP contribution >= 0.6 is 0 Å². The zero-order chi connectivity index (χ0) is 12.0. The molecule has 1 aromatic rings. The molecule has 0 bridgehead atoms. The van der Waals surface area contributed by atoms with Gasteiger partial charge in [0.05, 0.1) is 19.1 Å². The molecule has 3 heteroatoms. The molecule has 0 spiro atoms. The quantitative estimate of drug-likeness (QED) is 0.778. The molecule has 0 aliphatic rings. The first-order valence-corrected chi connectivity index (χ1v) is 5.48. The highest BCUT2D eigenvalue weighted by molar-refractivity contribution is 5.70. The van der Waals surface area contributed by atoms with Gasteiger partial charge in [0, 0.05) is 0 Å². The van der Waals surface area contributed by atoms with Gasteiger partial charge in [0.25, 0.3) is 0 Å². The van der Waals surface area contributed by atoms with Gasteiger partial charge in [-0.1, -0.05) is 44.2 Å². The second kappa shape index (κ2) is 6.28. The zero-order valence-electron chi connectivity index (χ0n) is 9.72. The monoisotopic (exact) mass is 222 g/mol. The molecule has 3 nitrogen and oxygen atoms in total. The molecule has 0 aliphatic heterocycles. The number of aliphatic hydroxyl groups is 1. The fourth-order valence-corrected chi connectivity index (χ4v) is 1.27. The van der Waals surface area contributed by atoms with Crippen LogP contribution in [0, 0.1) is 5.92 Å². The predicted octanol–water partition coefficient (Wildman–Crippen LogP) is 2.31. The molecule has 1 atom stereocenters. The molecule has 0 aliphatic carbocycles. The van der Waals surface area contributed by atoms with E-state index in [1.807, 2.05) is 32.0 Å². The summed E-state index contributed by atoms with van der Waals surface area (Å²) in [4.78, 5) is 11.3. The van der Waals surface area contributed by atoms with E-state index in [-0.39, 0.29) is 12.4 Å². The normalized spacial score (nSPS) is 12.5. The van der Waals surface area contributed by atoms with Crippen LogP contribution in [-0.4, -0.2) is 17.7 Å². The number of hydrogen-bond donors (Lipinski definition) is 1. The molecule has 0 saturated carbocycles. The molecule has 1 rings (SSSR count). The van der Waals surface area contributed by atoms with Crippen LogP contribution in [-0.2, 0) is 9.53 Å². The molecule has 88 valence electrons. The third-order valence-corrected chi connectivity index (χ3v) is 2.12. The topological polar surface area (TPSA) is 46.5 Å². The van der Waals surface area contributed by atoms with Crippen LogP contribution in [0.25, 0.3) is 0 Å². The molecule has 0 saturated heterocycles. The van der Waals surface area contributed by atoms with Crippen LogP contribution < -0.4 is 0 Å². The number of aliphatic hydroxyl groups excluding tert-OH is 1. The fourth-order valence-electron chi connectivity index (χ4n) is 1.27. The highest BCUT2D eigenvalue weighted by Gasteiger charge is 2.13. The molecule has 0 radical (unpaired) electrons. The van der Waals surface area contributed by atoms with Gasteiger partial charge in [0.1, 0.15) is 0 Å². The van der Waals surface area contributed by atoms with Crippen molar-refractivity contribution in [2.24, 2.45) is 5.92 Å². The number of ether oxygens (including phenoxy) is 1. The Bertz CT molecular complexity index is 319. The van der Waals surface area contributed by atoms with Gasteiger partial charge in [0.15, 0.2) is 0 Å². The Morgan fingerprint density at radius 3 is 2.50 bits per heavy atom. The summed E-state index contributed by atoms with van der Waals surface area (Å²) < 4.78 is 5.00. The van der Waals surface area contributed by atoms with Crippen LogP contribution in [0.2, 0.25) is 0 Å². The van der Waals surface area contributed by atoms with Gasteiger partial charge in [0.2, 0.25) is 0 Å². The van der Waals surface area contributed by atoms with Crippen molar-refractivity contribution < 1.29 is 14.6 Å². The van der Waals surface area contributed by atoms with Crippen LogP contribution in [0.3, 0.4) is 0 Å². The van der Waals surface area contributed by atoms with E-state index < -0.39 is 6.10 Å². The summed E-state index contributed by atoms with van der Waals surface area (Å²) in [6.45, 7) is 4.35. The number of esters is 1. The summed E-state index contributed by atoms with van der Waals surface area (Å²) in [5.74, 6) is -0.0390. The van der Waals surface area contributed by atoms with Crippen LogP contribution in [0.4, 0.5) is 0 Å². The van der Waals surface area contributed by atoms with Crippen molar-refractivity contribution in [3.8, 4) is 0 Å². The van der Waals surface area contributed by atoms with Gasteiger partial charge in [-0.25, -0.2) is 0 Å². The first-order valence-electron chi connectivity index (χ1n) is 5.48. The second-order valence-corrected chi connectivity index (χ2v) is 4.21. The van der Waals surface area contributed by atoms with E-state index in [4.69, 9.17) is 4.74 Å². The van der Waals surface area contributed by atoms with Crippen molar-refractivity contribution >= 4 is 5.97 Å². The lowest BCUT2D eigenvalue weighted by Gasteiger charge is -2.11. The molecular formula is C13H18O3. The minimum Gasteiger partial charge on any atom is -0.465 e. The Morgan fingerprint density at radius 2 is 1.94 bits per heavy atom. The van der Waals surface area contributed by atoms with Gasteiger partial charge >= 0.3 is 5.97 Å². The van der Waals surface area contributed by atoms with Gasteiger partial charge in [-0.15, -0.1) is 0 Å². The molecule has 0 heterocycles. The smallest absolute Gasteiger partial charge is 0.308 e. The van der Waals surface area contributed by atoms with Crippen LogP contribution in [0.15, 0.2) is 30.3 Å². The van der Waals surface area contributed by atoms with E-state index >= 15 is 0 Å². The Kier molecular flexibility index (Phi) is 4.99. The van der Waals surface area contributed by atoms with E-state index in [9.17, 15) is 9.90 Å². The molecule has 16 heavy (non-hydrogen) atoms. The largest absolute Gasteiger partial charge is 0.465 e. The number of carbonyl (C=O) groups excluding carboxylic acids is 1. The molecule has 1 aromatic carbocycles. The Hall–Kier alpha value is -1.35. The van der Waals surface area contributed by atoms with Gasteiger partial charge in [-0.05, 0) is 11.5 Å². The van der Waals surface area contributed by atoms with E-state index in [1.54, 1.807) is 12.1 Å². The number of hydrogen-bond acceptors (Lipinski definition) is 3. The average molecular weight is 222 g/mol. The minimum atomic E-state index is -0.777. The highest BCUT2D eigenvalue weighted by atomic mass is 16.5. The summed E-state index contributed by atoms with van der Waals surface area (Å²) >= 11 is 0. The van der Waals surface area contributed by atoms with Crippen molar-refractivity contribution in [2.45, 2.75) is 26.4 Å². The Labute approximate surface area is 96.1 Å². The molecule has 0 aromatic heterocycles. The summed E-state index contributed by atoms with van der Waals surface area (Å²) in [5.41, 5.74) is 0.740. The third-order valence-electron chi connectivity index (χ3n) is 2.12. The maximum absolute atomic E-state index is 11.3. The molecule has 1 N–H and O–H groups in total. The van der Waals surface area contributed by atoms with Gasteiger partial charge in [-0.3, -0.25) is 4.79 Å². The van der Waals surface area contributed by atoms with Crippen LogP contribution in [0.5, 0.6) is 0 Å². The summed E-state index contributed by atoms with van der Waals surface area (Å²) in [6, 6.07) is 9.12. The summed E-state index contributed by atoms with van der Waals surface area (Å²) in [7, 11) is 0. The zero-order valence-corrected chi connectivity index (χ0v) is 9.72. The van der Waals surface area contributed by atoms with E-state index in [0.29, 0.717) is 12.5 Å². The van der Waals surface area contributed by atoms with Crippen molar-refractivity contribution in [1.82, 2.24) is 0 Å². The second-order valence-electron chi connectivity index (χ2n) is 4.21. The van der Waals surface area contributed by atoms with Crippen molar-refractivity contribution in [1.29, 1.82) is 0 Å². The molecular weight excluding hydrogens is 204 g/mol. The number of benzene rings is 1. The van der Waals surface area contributed by atoms with Crippen molar-refractivity contribution in [3.63, 3.8) is 0 Å². The Balaban J connectivity index is 2.40. The van der Waals surface area contributed by atoms with Gasteiger partial charge < -0.3 is 9.84 Å². The van der Waals surface area contributed by atoms with E-state index in [1.165, 1.54) is 0 Å².